The van der Waals surface area contributed by atoms with Crippen LogP contribution in [0.15, 0.2) is 24.3 Å². The van der Waals surface area contributed by atoms with E-state index in [1.54, 1.807) is 23.7 Å². The summed E-state index contributed by atoms with van der Waals surface area (Å²) in [5.41, 5.74) is 0.185. The van der Waals surface area contributed by atoms with Gasteiger partial charge in [-0.2, -0.15) is 0 Å². The molecule has 2 atom stereocenters. The molecule has 2 heterocycles. The highest BCUT2D eigenvalue weighted by Gasteiger charge is 2.29. The van der Waals surface area contributed by atoms with Crippen LogP contribution in [0.2, 0.25) is 0 Å². The topological polar surface area (TPSA) is 128 Å². The molecule has 0 bridgehead atoms. The van der Waals surface area contributed by atoms with Gasteiger partial charge in [0.2, 0.25) is 5.91 Å². The van der Waals surface area contributed by atoms with Crippen molar-refractivity contribution in [3.63, 3.8) is 0 Å². The maximum absolute atomic E-state index is 12.3. The number of tetrazole rings is 1. The number of nitrogens with zero attached hydrogens (tertiary/aromatic N) is 4. The fourth-order valence-electron chi connectivity index (χ4n) is 2.79. The first-order valence-electron chi connectivity index (χ1n) is 8.63. The number of carbonyl (C=O) groups is 2. The van der Waals surface area contributed by atoms with Crippen LogP contribution in [0.4, 0.5) is 0 Å². The molecule has 1 aliphatic rings. The van der Waals surface area contributed by atoms with E-state index in [-0.39, 0.29) is 30.0 Å². The van der Waals surface area contributed by atoms with E-state index in [1.807, 2.05) is 0 Å². The van der Waals surface area contributed by atoms with Crippen molar-refractivity contribution in [2.45, 2.75) is 38.5 Å². The molecule has 2 aromatic rings. The van der Waals surface area contributed by atoms with Crippen LogP contribution in [0.3, 0.4) is 0 Å². The third-order valence-electron chi connectivity index (χ3n) is 4.30. The summed E-state index contributed by atoms with van der Waals surface area (Å²) < 4.78 is 12.9. The molecule has 144 valence electrons. The molecular formula is C17H21N5O5. The van der Waals surface area contributed by atoms with Crippen LogP contribution in [0.1, 0.15) is 29.0 Å². The van der Waals surface area contributed by atoms with Gasteiger partial charge in [-0.3, -0.25) is 4.79 Å². The molecule has 1 aliphatic heterocycles. The Labute approximate surface area is 155 Å². The first-order valence-corrected chi connectivity index (χ1v) is 8.63. The number of amides is 1. The smallest absolute Gasteiger partial charge is 0.335 e. The molecule has 2 unspecified atom stereocenters. The zero-order chi connectivity index (χ0) is 19.2. The summed E-state index contributed by atoms with van der Waals surface area (Å²) in [5.74, 6) is 0.0658. The van der Waals surface area contributed by atoms with Crippen molar-refractivity contribution in [1.82, 2.24) is 25.5 Å². The van der Waals surface area contributed by atoms with Crippen molar-refractivity contribution < 1.29 is 24.2 Å². The monoisotopic (exact) mass is 375 g/mol. The number of hydrogen-bond donors (Lipinski definition) is 2. The van der Waals surface area contributed by atoms with Crippen LogP contribution in [0.25, 0.3) is 0 Å². The summed E-state index contributed by atoms with van der Waals surface area (Å²) >= 11 is 0. The number of benzene rings is 1. The lowest BCUT2D eigenvalue weighted by molar-refractivity contribution is -0.124. The number of carboxylic acid groups (broad SMARTS) is 1. The van der Waals surface area contributed by atoms with Crippen molar-refractivity contribution in [2.24, 2.45) is 0 Å². The minimum atomic E-state index is -0.995. The molecule has 0 aliphatic carbocycles. The van der Waals surface area contributed by atoms with Gasteiger partial charge in [-0.05, 0) is 48.0 Å². The Morgan fingerprint density at radius 1 is 1.37 bits per heavy atom. The largest absolute Gasteiger partial charge is 0.486 e. The van der Waals surface area contributed by atoms with E-state index in [4.69, 9.17) is 14.6 Å². The number of nitrogens with one attached hydrogen (secondary N) is 1. The van der Waals surface area contributed by atoms with Crippen LogP contribution in [-0.2, 0) is 16.1 Å². The van der Waals surface area contributed by atoms with Gasteiger partial charge in [0.1, 0.15) is 17.7 Å². The minimum Gasteiger partial charge on any atom is -0.486 e. The molecule has 1 amide bonds. The van der Waals surface area contributed by atoms with Crippen LogP contribution < -0.4 is 10.1 Å². The van der Waals surface area contributed by atoms with Gasteiger partial charge in [-0.1, -0.05) is 0 Å². The molecule has 27 heavy (non-hydrogen) atoms. The van der Waals surface area contributed by atoms with Crippen LogP contribution >= 0.6 is 0 Å². The zero-order valence-corrected chi connectivity index (χ0v) is 14.9. The highest BCUT2D eigenvalue weighted by atomic mass is 16.5. The second kappa shape index (κ2) is 8.58. The standard InChI is InChI=1S/C17H21N5O5/c1-11-19-20-21-22(11)8-6-16(23)18-14-7-9-26-10-15(14)27-13-4-2-12(3-5-13)17(24)25/h2-5,14-15H,6-10H2,1H3,(H,18,23)(H,24,25). The number of ether oxygens (including phenoxy) is 2. The lowest BCUT2D eigenvalue weighted by atomic mass is 10.1. The molecule has 2 N–H and O–H groups in total. The first-order chi connectivity index (χ1) is 13.0. The summed E-state index contributed by atoms with van der Waals surface area (Å²) in [6.45, 7) is 3.05. The van der Waals surface area contributed by atoms with E-state index in [2.05, 4.69) is 20.8 Å². The molecule has 0 radical (unpaired) electrons. The number of rotatable bonds is 7. The lowest BCUT2D eigenvalue weighted by Crippen LogP contribution is -2.51. The minimum absolute atomic E-state index is 0.119. The third kappa shape index (κ3) is 5.00. The lowest BCUT2D eigenvalue weighted by Gasteiger charge is -2.32. The highest BCUT2D eigenvalue weighted by Crippen LogP contribution is 2.19. The zero-order valence-electron chi connectivity index (χ0n) is 14.9. The van der Waals surface area contributed by atoms with Gasteiger partial charge in [-0.15, -0.1) is 5.10 Å². The number of aromatic carboxylic acids is 1. The second-order valence-corrected chi connectivity index (χ2v) is 6.22. The van der Waals surface area contributed by atoms with E-state index in [1.165, 1.54) is 12.1 Å². The fraction of sp³-hybridized carbons (Fsp3) is 0.471. The summed E-state index contributed by atoms with van der Waals surface area (Å²) in [6, 6.07) is 5.95. The molecule has 1 fully saturated rings. The molecule has 1 aromatic heterocycles. The fourth-order valence-corrected chi connectivity index (χ4v) is 2.79. The van der Waals surface area contributed by atoms with Gasteiger partial charge in [-0.25, -0.2) is 9.48 Å². The Morgan fingerprint density at radius 3 is 2.81 bits per heavy atom. The van der Waals surface area contributed by atoms with Crippen LogP contribution in [0, 0.1) is 6.92 Å². The predicted molar refractivity (Wildman–Crippen MR) is 92.4 cm³/mol. The van der Waals surface area contributed by atoms with E-state index in [0.29, 0.717) is 37.8 Å². The van der Waals surface area contributed by atoms with E-state index < -0.39 is 5.97 Å². The normalized spacial score (nSPS) is 19.4. The van der Waals surface area contributed by atoms with Crippen LogP contribution in [-0.4, -0.2) is 62.5 Å². The highest BCUT2D eigenvalue weighted by molar-refractivity contribution is 5.87. The maximum atomic E-state index is 12.3. The van der Waals surface area contributed by atoms with Crippen molar-refractivity contribution in [3.8, 4) is 5.75 Å². The van der Waals surface area contributed by atoms with Gasteiger partial charge in [0.15, 0.2) is 0 Å². The van der Waals surface area contributed by atoms with Crippen LogP contribution in [0.5, 0.6) is 5.75 Å². The van der Waals surface area contributed by atoms with Gasteiger partial charge < -0.3 is 19.9 Å². The van der Waals surface area contributed by atoms with E-state index >= 15 is 0 Å². The first kappa shape index (κ1) is 18.8. The van der Waals surface area contributed by atoms with Crippen molar-refractivity contribution in [3.05, 3.63) is 35.7 Å². The summed E-state index contributed by atoms with van der Waals surface area (Å²) in [7, 11) is 0. The summed E-state index contributed by atoms with van der Waals surface area (Å²) in [6.07, 6.45) is 0.532. The Morgan fingerprint density at radius 2 is 2.15 bits per heavy atom. The van der Waals surface area contributed by atoms with E-state index in [9.17, 15) is 9.59 Å². The Balaban J connectivity index is 1.55. The number of carbonyl (C=O) groups excluding carboxylic acids is 1. The van der Waals surface area contributed by atoms with Gasteiger partial charge in [0, 0.05) is 13.0 Å². The maximum Gasteiger partial charge on any atom is 0.335 e. The van der Waals surface area contributed by atoms with Gasteiger partial charge in [0.05, 0.1) is 24.8 Å². The molecule has 0 saturated carbocycles. The average Bonchev–Trinajstić information content (AvgIpc) is 3.07. The van der Waals surface area contributed by atoms with Crippen molar-refractivity contribution in [1.29, 1.82) is 0 Å². The molecule has 0 spiro atoms. The Bertz CT molecular complexity index is 791. The Hall–Kier alpha value is -3.01. The number of aryl methyl sites for hydroxylation is 2. The van der Waals surface area contributed by atoms with E-state index in [0.717, 1.165) is 0 Å². The summed E-state index contributed by atoms with van der Waals surface area (Å²) in [5, 5.41) is 23.1. The molecular weight excluding hydrogens is 354 g/mol. The Kier molecular flexibility index (Phi) is 5.97. The quantitative estimate of drug-likeness (QED) is 0.713. The second-order valence-electron chi connectivity index (χ2n) is 6.22. The van der Waals surface area contributed by atoms with Gasteiger partial charge in [0.25, 0.3) is 0 Å². The van der Waals surface area contributed by atoms with Crippen molar-refractivity contribution in [2.75, 3.05) is 13.2 Å². The molecule has 1 aromatic carbocycles. The number of aromatic nitrogens is 4. The summed E-state index contributed by atoms with van der Waals surface area (Å²) in [4.78, 5) is 23.2. The molecule has 1 saturated heterocycles. The molecule has 10 heteroatoms. The van der Waals surface area contributed by atoms with Gasteiger partial charge >= 0.3 is 5.97 Å². The van der Waals surface area contributed by atoms with Crippen molar-refractivity contribution >= 4 is 11.9 Å². The molecule has 3 rings (SSSR count). The third-order valence-corrected chi connectivity index (χ3v) is 4.30. The molecule has 10 nitrogen and oxygen atoms in total. The predicted octanol–water partition coefficient (Wildman–Crippen LogP) is 0.423. The average molecular weight is 375 g/mol. The SMILES string of the molecule is Cc1nnnn1CCC(=O)NC1CCOCC1Oc1ccc(C(=O)O)cc1. The number of hydrogen-bond acceptors (Lipinski definition) is 7. The number of carboxylic acids is 1.